The van der Waals surface area contributed by atoms with Crippen LogP contribution in [0.3, 0.4) is 0 Å². The van der Waals surface area contributed by atoms with Gasteiger partial charge in [-0.05, 0) is 48.6 Å². The quantitative estimate of drug-likeness (QED) is 0.877. The lowest BCUT2D eigenvalue weighted by Gasteiger charge is -2.14. The molecule has 94 valence electrons. The second-order valence-electron chi connectivity index (χ2n) is 4.62. The highest BCUT2D eigenvalue weighted by Gasteiger charge is 2.04. The highest BCUT2D eigenvalue weighted by atomic mass is 14.9. The van der Waals surface area contributed by atoms with E-state index in [-0.39, 0.29) is 0 Å². The van der Waals surface area contributed by atoms with Gasteiger partial charge in [0.2, 0.25) is 0 Å². The van der Waals surface area contributed by atoms with E-state index in [4.69, 9.17) is 0 Å². The summed E-state index contributed by atoms with van der Waals surface area (Å²) < 4.78 is 0. The van der Waals surface area contributed by atoms with Gasteiger partial charge in [0.25, 0.3) is 0 Å². The molecule has 0 bridgehead atoms. The van der Waals surface area contributed by atoms with Crippen LogP contribution < -0.4 is 5.32 Å². The number of pyridine rings is 1. The smallest absolute Gasteiger partial charge is 0.0418 e. The van der Waals surface area contributed by atoms with Crippen molar-refractivity contribution in [2.75, 3.05) is 5.32 Å². The third-order valence-electron chi connectivity index (χ3n) is 3.34. The Morgan fingerprint density at radius 2 is 1.89 bits per heavy atom. The molecule has 1 aromatic heterocycles. The van der Waals surface area contributed by atoms with Gasteiger partial charge in [-0.15, -0.1) is 0 Å². The zero-order chi connectivity index (χ0) is 13.0. The van der Waals surface area contributed by atoms with Gasteiger partial charge in [-0.2, -0.15) is 0 Å². The van der Waals surface area contributed by atoms with Crippen molar-refractivity contribution in [3.8, 4) is 0 Å². The molecule has 0 spiro atoms. The first-order chi connectivity index (χ1) is 8.72. The minimum Gasteiger partial charge on any atom is -0.380 e. The van der Waals surface area contributed by atoms with Crippen molar-refractivity contribution in [1.82, 2.24) is 4.98 Å². The van der Waals surface area contributed by atoms with E-state index in [2.05, 4.69) is 55.3 Å². The fourth-order valence-corrected chi connectivity index (χ4v) is 2.14. The molecule has 0 aliphatic heterocycles. The third-order valence-corrected chi connectivity index (χ3v) is 3.34. The lowest BCUT2D eigenvalue weighted by atomic mass is 10.1. The van der Waals surface area contributed by atoms with Crippen molar-refractivity contribution < 1.29 is 0 Å². The van der Waals surface area contributed by atoms with Gasteiger partial charge in [0.1, 0.15) is 0 Å². The number of nitrogens with one attached hydrogen (secondary N) is 1. The Hall–Kier alpha value is -1.83. The van der Waals surface area contributed by atoms with Crippen LogP contribution in [0.5, 0.6) is 0 Å². The molecule has 2 aromatic rings. The lowest BCUT2D eigenvalue weighted by Crippen LogP contribution is -2.05. The van der Waals surface area contributed by atoms with Gasteiger partial charge in [-0.3, -0.25) is 4.98 Å². The fraction of sp³-hybridized carbons (Fsp3) is 0.312. The normalized spacial score (nSPS) is 10.4. The summed E-state index contributed by atoms with van der Waals surface area (Å²) in [6.45, 7) is 7.29. The number of hydrogen-bond acceptors (Lipinski definition) is 2. The Morgan fingerprint density at radius 1 is 1.06 bits per heavy atom. The van der Waals surface area contributed by atoms with Crippen LogP contribution in [0, 0.1) is 13.8 Å². The van der Waals surface area contributed by atoms with Crippen LogP contribution in [0.1, 0.15) is 29.2 Å². The predicted octanol–water partition coefficient (Wildman–Crippen LogP) is 3.87. The van der Waals surface area contributed by atoms with Crippen LogP contribution >= 0.6 is 0 Å². The van der Waals surface area contributed by atoms with Crippen LogP contribution in [0.4, 0.5) is 5.69 Å². The number of rotatable bonds is 4. The largest absolute Gasteiger partial charge is 0.380 e. The van der Waals surface area contributed by atoms with Crippen molar-refractivity contribution >= 4 is 5.69 Å². The minimum absolute atomic E-state index is 0.831. The van der Waals surface area contributed by atoms with E-state index in [1.54, 1.807) is 0 Å². The molecular formula is C16H20N2. The Labute approximate surface area is 109 Å². The second-order valence-corrected chi connectivity index (χ2v) is 4.62. The summed E-state index contributed by atoms with van der Waals surface area (Å²) in [5.41, 5.74) is 6.47. The van der Waals surface area contributed by atoms with Crippen LogP contribution in [-0.2, 0) is 13.0 Å². The van der Waals surface area contributed by atoms with Crippen molar-refractivity contribution in [2.45, 2.75) is 33.7 Å². The first-order valence-corrected chi connectivity index (χ1v) is 6.44. The summed E-state index contributed by atoms with van der Waals surface area (Å²) in [5, 5.41) is 3.55. The molecule has 0 aliphatic rings. The number of benzene rings is 1. The van der Waals surface area contributed by atoms with E-state index in [0.717, 1.165) is 13.0 Å². The zero-order valence-electron chi connectivity index (χ0n) is 11.3. The van der Waals surface area contributed by atoms with Gasteiger partial charge in [-0.25, -0.2) is 0 Å². The van der Waals surface area contributed by atoms with Crippen molar-refractivity contribution in [3.05, 3.63) is 58.9 Å². The maximum atomic E-state index is 4.18. The van der Waals surface area contributed by atoms with Crippen molar-refractivity contribution in [3.63, 3.8) is 0 Å². The van der Waals surface area contributed by atoms with Crippen LogP contribution in [-0.4, -0.2) is 4.98 Å². The topological polar surface area (TPSA) is 24.9 Å². The average Bonchev–Trinajstić information content (AvgIpc) is 2.39. The van der Waals surface area contributed by atoms with Gasteiger partial charge in [0, 0.05) is 24.6 Å². The summed E-state index contributed by atoms with van der Waals surface area (Å²) in [6, 6.07) is 8.51. The molecule has 1 N–H and O–H groups in total. The van der Waals surface area contributed by atoms with Crippen molar-refractivity contribution in [2.24, 2.45) is 0 Å². The molecule has 18 heavy (non-hydrogen) atoms. The van der Waals surface area contributed by atoms with Gasteiger partial charge < -0.3 is 5.32 Å². The number of aromatic nitrogens is 1. The Bertz CT molecular complexity index is 532. The molecule has 0 unspecified atom stereocenters. The monoisotopic (exact) mass is 240 g/mol. The average molecular weight is 240 g/mol. The van der Waals surface area contributed by atoms with E-state index in [0.29, 0.717) is 0 Å². The van der Waals surface area contributed by atoms with E-state index >= 15 is 0 Å². The molecule has 0 fully saturated rings. The van der Waals surface area contributed by atoms with Gasteiger partial charge in [0.15, 0.2) is 0 Å². The molecule has 0 radical (unpaired) electrons. The number of nitrogens with zero attached hydrogens (tertiary/aromatic N) is 1. The highest BCUT2D eigenvalue weighted by Crippen LogP contribution is 2.22. The van der Waals surface area contributed by atoms with Gasteiger partial charge in [0.05, 0.1) is 0 Å². The lowest BCUT2D eigenvalue weighted by molar-refractivity contribution is 1.05. The second kappa shape index (κ2) is 5.67. The number of para-hydroxylation sites is 1. The van der Waals surface area contributed by atoms with E-state index in [1.165, 1.54) is 27.9 Å². The molecule has 0 saturated carbocycles. The standard InChI is InChI=1S/C16H20N2/c1-4-14-7-5-6-13(3)16(14)18-11-15-10-17-9-8-12(15)2/h5-10,18H,4,11H2,1-3H3. The van der Waals surface area contributed by atoms with E-state index in [9.17, 15) is 0 Å². The summed E-state index contributed by atoms with van der Waals surface area (Å²) in [7, 11) is 0. The van der Waals surface area contributed by atoms with E-state index in [1.807, 2.05) is 12.4 Å². The number of aryl methyl sites for hydroxylation is 3. The molecule has 1 heterocycles. The molecule has 0 atom stereocenters. The molecule has 2 rings (SSSR count). The maximum absolute atomic E-state index is 4.18. The van der Waals surface area contributed by atoms with Crippen LogP contribution in [0.2, 0.25) is 0 Å². The van der Waals surface area contributed by atoms with Crippen LogP contribution in [0.15, 0.2) is 36.7 Å². The Morgan fingerprint density at radius 3 is 2.61 bits per heavy atom. The first kappa shape index (κ1) is 12.6. The van der Waals surface area contributed by atoms with E-state index < -0.39 is 0 Å². The fourth-order valence-electron chi connectivity index (χ4n) is 2.14. The number of anilines is 1. The first-order valence-electron chi connectivity index (χ1n) is 6.44. The third kappa shape index (κ3) is 2.70. The summed E-state index contributed by atoms with van der Waals surface area (Å²) >= 11 is 0. The maximum Gasteiger partial charge on any atom is 0.0418 e. The Kier molecular flexibility index (Phi) is 3.98. The Balaban J connectivity index is 2.18. The molecule has 0 saturated heterocycles. The van der Waals surface area contributed by atoms with Gasteiger partial charge >= 0.3 is 0 Å². The van der Waals surface area contributed by atoms with Gasteiger partial charge in [-0.1, -0.05) is 25.1 Å². The number of hydrogen-bond donors (Lipinski definition) is 1. The highest BCUT2D eigenvalue weighted by molar-refractivity contribution is 5.57. The predicted molar refractivity (Wildman–Crippen MR) is 76.9 cm³/mol. The zero-order valence-corrected chi connectivity index (χ0v) is 11.3. The SMILES string of the molecule is CCc1cccc(C)c1NCc1cnccc1C. The molecule has 2 heteroatoms. The molecule has 1 aromatic carbocycles. The molecule has 0 aliphatic carbocycles. The minimum atomic E-state index is 0.831. The summed E-state index contributed by atoms with van der Waals surface area (Å²) in [6.07, 6.45) is 4.83. The van der Waals surface area contributed by atoms with Crippen molar-refractivity contribution in [1.29, 1.82) is 0 Å². The summed E-state index contributed by atoms with van der Waals surface area (Å²) in [5.74, 6) is 0. The molecule has 0 amide bonds. The molecule has 2 nitrogen and oxygen atoms in total. The van der Waals surface area contributed by atoms with Crippen LogP contribution in [0.25, 0.3) is 0 Å². The summed E-state index contributed by atoms with van der Waals surface area (Å²) in [4.78, 5) is 4.18. The molecular weight excluding hydrogens is 220 g/mol.